The van der Waals surface area contributed by atoms with Crippen LogP contribution in [0.1, 0.15) is 19.8 Å². The molecule has 0 aromatic rings. The van der Waals surface area contributed by atoms with Crippen molar-refractivity contribution in [3.8, 4) is 0 Å². The quantitative estimate of drug-likeness (QED) is 0.569. The highest BCUT2D eigenvalue weighted by molar-refractivity contribution is 4.66. The first kappa shape index (κ1) is 14.9. The van der Waals surface area contributed by atoms with Crippen molar-refractivity contribution in [2.45, 2.75) is 32.0 Å². The van der Waals surface area contributed by atoms with Crippen molar-refractivity contribution in [2.75, 3.05) is 46.1 Å². The molecule has 17 heavy (non-hydrogen) atoms. The number of aliphatic hydroxyl groups excluding tert-OH is 1. The summed E-state index contributed by atoms with van der Waals surface area (Å²) in [6.07, 6.45) is 1.83. The first-order valence-electron chi connectivity index (χ1n) is 6.48. The zero-order chi connectivity index (χ0) is 12.3. The van der Waals surface area contributed by atoms with E-state index in [1.165, 1.54) is 0 Å². The van der Waals surface area contributed by atoms with Crippen molar-refractivity contribution < 1.29 is 19.3 Å². The van der Waals surface area contributed by atoms with E-state index in [1.807, 2.05) is 0 Å². The maximum atomic E-state index is 9.62. The molecule has 1 rings (SSSR count). The smallest absolute Gasteiger partial charge is 0.0933 e. The van der Waals surface area contributed by atoms with Crippen molar-refractivity contribution in [1.29, 1.82) is 0 Å². The predicted octanol–water partition coefficient (Wildman–Crippen LogP) is 0.169. The van der Waals surface area contributed by atoms with Crippen LogP contribution in [0.3, 0.4) is 0 Å². The topological polar surface area (TPSA) is 60.0 Å². The van der Waals surface area contributed by atoms with Crippen molar-refractivity contribution in [2.24, 2.45) is 0 Å². The fourth-order valence-corrected chi connectivity index (χ4v) is 1.59. The Morgan fingerprint density at radius 3 is 3.06 bits per heavy atom. The average Bonchev–Trinajstić information content (AvgIpc) is 2.36. The van der Waals surface area contributed by atoms with Crippen molar-refractivity contribution in [1.82, 2.24) is 5.32 Å². The van der Waals surface area contributed by atoms with Crippen LogP contribution >= 0.6 is 0 Å². The van der Waals surface area contributed by atoms with Gasteiger partial charge >= 0.3 is 0 Å². The Morgan fingerprint density at radius 2 is 2.35 bits per heavy atom. The molecule has 2 atom stereocenters. The van der Waals surface area contributed by atoms with E-state index >= 15 is 0 Å². The van der Waals surface area contributed by atoms with E-state index in [-0.39, 0.29) is 6.10 Å². The Bertz CT molecular complexity index is 174. The van der Waals surface area contributed by atoms with Gasteiger partial charge in [0.15, 0.2) is 0 Å². The normalized spacial score (nSPS) is 22.6. The summed E-state index contributed by atoms with van der Waals surface area (Å²) in [5.74, 6) is 0. The van der Waals surface area contributed by atoms with Gasteiger partial charge in [-0.2, -0.15) is 0 Å². The largest absolute Gasteiger partial charge is 0.389 e. The first-order valence-corrected chi connectivity index (χ1v) is 6.48. The molecule has 5 heteroatoms. The second kappa shape index (κ2) is 9.79. The Balaban J connectivity index is 1.90. The number of hydrogen-bond acceptors (Lipinski definition) is 5. The lowest BCUT2D eigenvalue weighted by molar-refractivity contribution is -0.0871. The minimum absolute atomic E-state index is 0.108. The lowest BCUT2D eigenvalue weighted by atomic mass is 10.3. The SMILES string of the molecule is CCCCOCC(O)CNCC1COCCO1. The lowest BCUT2D eigenvalue weighted by Gasteiger charge is -2.23. The number of rotatable bonds is 9. The second-order valence-corrected chi connectivity index (χ2v) is 4.31. The van der Waals surface area contributed by atoms with Crippen LogP contribution in [-0.4, -0.2) is 63.4 Å². The molecule has 0 radical (unpaired) electrons. The van der Waals surface area contributed by atoms with Gasteiger partial charge in [0.25, 0.3) is 0 Å². The molecule has 1 fully saturated rings. The van der Waals surface area contributed by atoms with Crippen LogP contribution in [0, 0.1) is 0 Å². The summed E-state index contributed by atoms with van der Waals surface area (Å²) in [4.78, 5) is 0. The highest BCUT2D eigenvalue weighted by Gasteiger charge is 2.14. The van der Waals surface area contributed by atoms with Gasteiger partial charge in [-0.05, 0) is 6.42 Å². The van der Waals surface area contributed by atoms with Gasteiger partial charge in [0.05, 0.1) is 38.6 Å². The molecule has 0 bridgehead atoms. The summed E-state index contributed by atoms with van der Waals surface area (Å²) >= 11 is 0. The molecule has 2 unspecified atom stereocenters. The lowest BCUT2D eigenvalue weighted by Crippen LogP contribution is -2.40. The Hall–Kier alpha value is -0.200. The summed E-state index contributed by atoms with van der Waals surface area (Å²) in [6.45, 7) is 6.48. The molecule has 0 aromatic carbocycles. The zero-order valence-corrected chi connectivity index (χ0v) is 10.7. The minimum atomic E-state index is -0.448. The predicted molar refractivity (Wildman–Crippen MR) is 65.2 cm³/mol. The molecule has 0 spiro atoms. The van der Waals surface area contributed by atoms with E-state index in [9.17, 15) is 5.11 Å². The number of unbranched alkanes of at least 4 members (excludes halogenated alkanes) is 1. The summed E-state index contributed by atoms with van der Waals surface area (Å²) in [7, 11) is 0. The van der Waals surface area contributed by atoms with Crippen LogP contribution in [0.5, 0.6) is 0 Å². The summed E-state index contributed by atoms with van der Waals surface area (Å²) in [5.41, 5.74) is 0. The highest BCUT2D eigenvalue weighted by atomic mass is 16.6. The Morgan fingerprint density at radius 1 is 1.47 bits per heavy atom. The van der Waals surface area contributed by atoms with Gasteiger partial charge in [0, 0.05) is 19.7 Å². The van der Waals surface area contributed by atoms with Gasteiger partial charge in [0.1, 0.15) is 0 Å². The number of hydrogen-bond donors (Lipinski definition) is 2. The summed E-state index contributed by atoms with van der Waals surface area (Å²) < 4.78 is 16.1. The molecule has 0 saturated carbocycles. The van der Waals surface area contributed by atoms with Crippen molar-refractivity contribution in [3.63, 3.8) is 0 Å². The van der Waals surface area contributed by atoms with Gasteiger partial charge in [-0.3, -0.25) is 0 Å². The highest BCUT2D eigenvalue weighted by Crippen LogP contribution is 1.99. The summed E-state index contributed by atoms with van der Waals surface area (Å²) in [5, 5.41) is 12.8. The number of nitrogens with one attached hydrogen (secondary N) is 1. The molecule has 2 N–H and O–H groups in total. The molecule has 1 heterocycles. The summed E-state index contributed by atoms with van der Waals surface area (Å²) in [6, 6.07) is 0. The van der Waals surface area contributed by atoms with Crippen LogP contribution in [0.2, 0.25) is 0 Å². The van der Waals surface area contributed by atoms with Crippen LogP contribution < -0.4 is 5.32 Å². The second-order valence-electron chi connectivity index (χ2n) is 4.31. The van der Waals surface area contributed by atoms with E-state index < -0.39 is 6.10 Å². The molecular formula is C12H25NO4. The maximum Gasteiger partial charge on any atom is 0.0933 e. The van der Waals surface area contributed by atoms with E-state index in [2.05, 4.69) is 12.2 Å². The molecule has 1 saturated heterocycles. The van der Waals surface area contributed by atoms with Crippen LogP contribution in [0.4, 0.5) is 0 Å². The average molecular weight is 247 g/mol. The molecule has 102 valence electrons. The van der Waals surface area contributed by atoms with Gasteiger partial charge in [-0.15, -0.1) is 0 Å². The zero-order valence-electron chi connectivity index (χ0n) is 10.7. The fraction of sp³-hybridized carbons (Fsp3) is 1.00. The Labute approximate surface area is 103 Å². The van der Waals surface area contributed by atoms with Crippen LogP contribution in [0.25, 0.3) is 0 Å². The van der Waals surface area contributed by atoms with Crippen molar-refractivity contribution >= 4 is 0 Å². The molecule has 1 aliphatic heterocycles. The number of aliphatic hydroxyl groups is 1. The maximum absolute atomic E-state index is 9.62. The van der Waals surface area contributed by atoms with Crippen molar-refractivity contribution in [3.05, 3.63) is 0 Å². The molecule has 0 aliphatic carbocycles. The molecule has 0 amide bonds. The van der Waals surface area contributed by atoms with Gasteiger partial charge < -0.3 is 24.6 Å². The fourth-order valence-electron chi connectivity index (χ4n) is 1.59. The minimum Gasteiger partial charge on any atom is -0.389 e. The Kier molecular flexibility index (Phi) is 8.56. The molecule has 5 nitrogen and oxygen atoms in total. The standard InChI is InChI=1S/C12H25NO4/c1-2-3-4-15-9-11(14)7-13-8-12-10-16-5-6-17-12/h11-14H,2-10H2,1H3. The molecule has 1 aliphatic rings. The van der Waals surface area contributed by atoms with E-state index in [4.69, 9.17) is 14.2 Å². The third kappa shape index (κ3) is 7.68. The van der Waals surface area contributed by atoms with E-state index in [0.717, 1.165) is 19.4 Å². The molecular weight excluding hydrogens is 222 g/mol. The third-order valence-corrected chi connectivity index (χ3v) is 2.59. The van der Waals surface area contributed by atoms with Gasteiger partial charge in [0.2, 0.25) is 0 Å². The van der Waals surface area contributed by atoms with E-state index in [0.29, 0.717) is 39.5 Å². The molecule has 0 aromatic heterocycles. The number of ether oxygens (including phenoxy) is 3. The first-order chi connectivity index (χ1) is 8.33. The third-order valence-electron chi connectivity index (χ3n) is 2.59. The monoisotopic (exact) mass is 247 g/mol. The van der Waals surface area contributed by atoms with E-state index in [1.54, 1.807) is 0 Å². The van der Waals surface area contributed by atoms with Crippen LogP contribution in [0.15, 0.2) is 0 Å². The van der Waals surface area contributed by atoms with Gasteiger partial charge in [-0.1, -0.05) is 13.3 Å². The van der Waals surface area contributed by atoms with Gasteiger partial charge in [-0.25, -0.2) is 0 Å². The van der Waals surface area contributed by atoms with Crippen LogP contribution in [-0.2, 0) is 14.2 Å².